The summed E-state index contributed by atoms with van der Waals surface area (Å²) in [5, 5.41) is 38.0. The van der Waals surface area contributed by atoms with Gasteiger partial charge in [0.05, 0.1) is 25.9 Å². The van der Waals surface area contributed by atoms with E-state index in [4.69, 9.17) is 15.2 Å². The van der Waals surface area contributed by atoms with Crippen molar-refractivity contribution in [3.8, 4) is 5.75 Å². The Balaban J connectivity index is 1.36. The van der Waals surface area contributed by atoms with Crippen molar-refractivity contribution in [1.82, 2.24) is 14.8 Å². The molecule has 1 aromatic heterocycles. The third-order valence-corrected chi connectivity index (χ3v) is 15.2. The molecule has 3 unspecified atom stereocenters. The zero-order valence-corrected chi connectivity index (χ0v) is 32.6. The predicted molar refractivity (Wildman–Crippen MR) is 208 cm³/mol. The number of primary amides is 1. The highest BCUT2D eigenvalue weighted by atomic mass is 16.5. The average Bonchev–Trinajstić information content (AvgIpc) is 3.84. The monoisotopic (exact) mass is 753 g/mol. The van der Waals surface area contributed by atoms with Crippen molar-refractivity contribution in [1.29, 1.82) is 0 Å². The van der Waals surface area contributed by atoms with Gasteiger partial charge in [-0.05, 0) is 74.2 Å². The van der Waals surface area contributed by atoms with Gasteiger partial charge in [0.25, 0.3) is 5.91 Å². The number of nitrogens with two attached hydrogens (primary N) is 1. The number of esters is 1. The lowest BCUT2D eigenvalue weighted by Crippen LogP contribution is -2.81. The number of benzene rings is 2. The fourth-order valence-corrected chi connectivity index (χ4v) is 13.1. The average molecular weight is 754 g/mol. The van der Waals surface area contributed by atoms with Gasteiger partial charge in [0.15, 0.2) is 5.60 Å². The number of hydrogen-bond donors (Lipinski definition) is 5. The lowest BCUT2D eigenvalue weighted by Gasteiger charge is -2.63. The van der Waals surface area contributed by atoms with E-state index >= 15 is 4.79 Å². The molecule has 55 heavy (non-hydrogen) atoms. The molecule has 9 rings (SSSR count). The number of H-pyrrole nitrogens is 1. The number of ether oxygens (including phenoxy) is 2. The van der Waals surface area contributed by atoms with Crippen LogP contribution in [0.5, 0.6) is 5.75 Å². The summed E-state index contributed by atoms with van der Waals surface area (Å²) < 4.78 is 12.2. The van der Waals surface area contributed by atoms with Crippen molar-refractivity contribution in [3.05, 3.63) is 70.9 Å². The standard InChI is InChI=1S/C43H55N5O7/c1-6-39(52)21-25-22-42(38(51)55-5,33-27(13-17-47(23-25)24-39)26-11-8-9-12-30(26)45-33)29-19-28-31(20-32(29)54-4)46(3)35-41(28)15-18-48-16-10-14-40(7-2,34(41)48)36(49)43(35,53)37(44)50/h8-12,14,19-20,25,34-36,45,49,52-53H,6-7,13,15-18,21-24H2,1-5H3,(H2,44,50)/t25?,34-,35?,36+,39-,40+,41+,42-,43-/m1/s1. The van der Waals surface area contributed by atoms with Gasteiger partial charge < -0.3 is 40.4 Å². The molecule has 3 aromatic rings. The van der Waals surface area contributed by atoms with Gasteiger partial charge in [-0.1, -0.05) is 44.2 Å². The summed E-state index contributed by atoms with van der Waals surface area (Å²) in [4.78, 5) is 39.3. The number of aliphatic hydroxyl groups is 3. The van der Waals surface area contributed by atoms with Crippen molar-refractivity contribution < 1.29 is 34.4 Å². The Morgan fingerprint density at radius 2 is 1.82 bits per heavy atom. The van der Waals surface area contributed by atoms with Crippen molar-refractivity contribution in [2.45, 2.75) is 92.6 Å². The van der Waals surface area contributed by atoms with E-state index in [-0.39, 0.29) is 12.0 Å². The minimum atomic E-state index is -2.30. The van der Waals surface area contributed by atoms with Gasteiger partial charge in [0.2, 0.25) is 0 Å². The van der Waals surface area contributed by atoms with Crippen LogP contribution >= 0.6 is 0 Å². The van der Waals surface area contributed by atoms with Crippen LogP contribution in [0.2, 0.25) is 0 Å². The Bertz CT molecular complexity index is 2120. The topological polar surface area (TPSA) is 165 Å². The summed E-state index contributed by atoms with van der Waals surface area (Å²) in [6, 6.07) is 11.0. The second kappa shape index (κ2) is 12.3. The Morgan fingerprint density at radius 1 is 1.04 bits per heavy atom. The van der Waals surface area contributed by atoms with Crippen molar-refractivity contribution in [3.63, 3.8) is 0 Å². The number of anilines is 1. The third kappa shape index (κ3) is 4.51. The van der Waals surface area contributed by atoms with Crippen LogP contribution in [-0.2, 0) is 31.6 Å². The normalized spacial score (nSPS) is 39.0. The van der Waals surface area contributed by atoms with Gasteiger partial charge in [0, 0.05) is 84.0 Å². The molecule has 1 aliphatic carbocycles. The summed E-state index contributed by atoms with van der Waals surface area (Å²) >= 11 is 0. The Morgan fingerprint density at radius 3 is 2.53 bits per heavy atom. The first kappa shape index (κ1) is 36.7. The molecule has 12 nitrogen and oxygen atoms in total. The molecule has 2 bridgehead atoms. The molecule has 3 fully saturated rings. The Labute approximate surface area is 322 Å². The van der Waals surface area contributed by atoms with Gasteiger partial charge in [-0.25, -0.2) is 0 Å². The summed E-state index contributed by atoms with van der Waals surface area (Å²) in [5.41, 5.74) is 4.72. The minimum absolute atomic E-state index is 0.0790. The number of nitrogens with one attached hydrogen (secondary N) is 1. The summed E-state index contributed by atoms with van der Waals surface area (Å²) in [5.74, 6) is -1.00. The molecule has 1 spiro atoms. The highest BCUT2D eigenvalue weighted by molar-refractivity contribution is 5.95. The molecule has 1 saturated carbocycles. The Hall–Kier alpha value is -3.94. The van der Waals surface area contributed by atoms with Crippen LogP contribution < -0.4 is 15.4 Å². The number of para-hydroxylation sites is 1. The first-order chi connectivity index (χ1) is 26.3. The number of carbonyl (C=O) groups is 2. The first-order valence-corrected chi connectivity index (χ1v) is 20.0. The van der Waals surface area contributed by atoms with Crippen LogP contribution in [0, 0.1) is 11.3 Å². The van der Waals surface area contributed by atoms with E-state index < -0.39 is 51.5 Å². The predicted octanol–water partition coefficient (Wildman–Crippen LogP) is 2.73. The molecule has 2 saturated heterocycles. The van der Waals surface area contributed by atoms with E-state index in [0.717, 1.165) is 46.5 Å². The smallest absolute Gasteiger partial charge is 0.322 e. The summed E-state index contributed by atoms with van der Waals surface area (Å²) in [6.07, 6.45) is 5.78. The lowest BCUT2D eigenvalue weighted by molar-refractivity contribution is -0.201. The number of rotatable bonds is 6. The second-order valence-electron chi connectivity index (χ2n) is 17.5. The zero-order valence-electron chi connectivity index (χ0n) is 32.6. The van der Waals surface area contributed by atoms with E-state index in [1.165, 1.54) is 7.11 Å². The first-order valence-electron chi connectivity index (χ1n) is 20.0. The molecule has 0 radical (unpaired) electrons. The van der Waals surface area contributed by atoms with Gasteiger partial charge >= 0.3 is 5.97 Å². The van der Waals surface area contributed by atoms with Crippen molar-refractivity contribution in [2.75, 3.05) is 58.9 Å². The van der Waals surface area contributed by atoms with Gasteiger partial charge in [-0.2, -0.15) is 0 Å². The third-order valence-electron chi connectivity index (χ3n) is 15.2. The number of likely N-dealkylation sites (N-methyl/N-ethyl adjacent to an activating group) is 1. The summed E-state index contributed by atoms with van der Waals surface area (Å²) in [7, 11) is 4.89. The number of nitrogens with zero attached hydrogens (tertiary/aromatic N) is 3. The van der Waals surface area contributed by atoms with Gasteiger partial charge in [-0.15, -0.1) is 0 Å². The van der Waals surface area contributed by atoms with Crippen molar-refractivity contribution >= 4 is 28.5 Å². The molecule has 12 heteroatoms. The fraction of sp³-hybridized carbons (Fsp3) is 0.581. The number of aliphatic hydroxyl groups excluding tert-OH is 1. The largest absolute Gasteiger partial charge is 0.496 e. The number of fused-ring (bicyclic) bond motifs is 6. The maximum atomic E-state index is 15.2. The number of hydrogen-bond acceptors (Lipinski definition) is 10. The number of amides is 1. The number of aromatic amines is 1. The zero-order chi connectivity index (χ0) is 38.9. The van der Waals surface area contributed by atoms with Crippen LogP contribution in [0.1, 0.15) is 68.3 Å². The van der Waals surface area contributed by atoms with E-state index in [2.05, 4.69) is 26.9 Å². The van der Waals surface area contributed by atoms with E-state index in [1.807, 2.05) is 62.2 Å². The SMILES string of the molecule is CC[C@@]1(O)CC2CN(CCc3c([nH]c4ccccc34)[C@](C(=O)OC)(c3cc4c(cc3OC)N(C)C3[C@](O)(C(N)=O)[C@@H](O)[C@@]5(CC)C=CCN6CC[C@@]43[C@H]65)C2)C1. The number of methoxy groups -OCH3 is 2. The summed E-state index contributed by atoms with van der Waals surface area (Å²) in [6.45, 7) is 7.39. The lowest BCUT2D eigenvalue weighted by atomic mass is 9.47. The maximum absolute atomic E-state index is 15.2. The molecular formula is C43H55N5O7. The van der Waals surface area contributed by atoms with E-state index in [9.17, 15) is 20.1 Å². The Kier molecular flexibility index (Phi) is 8.19. The number of carbonyl (C=O) groups excluding carboxylic acids is 2. The molecule has 2 aromatic carbocycles. The minimum Gasteiger partial charge on any atom is -0.496 e. The molecule has 6 N–H and O–H groups in total. The molecule has 1 amide bonds. The molecule has 6 aliphatic rings. The molecule has 10 atom stereocenters. The van der Waals surface area contributed by atoms with Crippen LogP contribution in [0.4, 0.5) is 5.69 Å². The van der Waals surface area contributed by atoms with E-state index in [0.29, 0.717) is 69.5 Å². The quantitative estimate of drug-likeness (QED) is 0.187. The van der Waals surface area contributed by atoms with Crippen LogP contribution in [0.15, 0.2) is 48.6 Å². The van der Waals surface area contributed by atoms with E-state index in [1.54, 1.807) is 7.11 Å². The fourth-order valence-electron chi connectivity index (χ4n) is 13.1. The van der Waals surface area contributed by atoms with Crippen LogP contribution in [-0.4, -0.2) is 125 Å². The molecule has 5 aliphatic heterocycles. The highest BCUT2D eigenvalue weighted by Crippen LogP contribution is 2.67. The van der Waals surface area contributed by atoms with Crippen LogP contribution in [0.3, 0.4) is 0 Å². The molecular weight excluding hydrogens is 699 g/mol. The van der Waals surface area contributed by atoms with Crippen LogP contribution in [0.25, 0.3) is 10.9 Å². The maximum Gasteiger partial charge on any atom is 0.322 e. The van der Waals surface area contributed by atoms with Gasteiger partial charge in [-0.3, -0.25) is 19.4 Å². The van der Waals surface area contributed by atoms with Crippen molar-refractivity contribution in [2.24, 2.45) is 17.1 Å². The number of aromatic nitrogens is 1. The molecule has 6 heterocycles. The number of piperidine rings is 1. The molecule has 294 valence electrons. The second-order valence-corrected chi connectivity index (χ2v) is 17.5. The van der Waals surface area contributed by atoms with Gasteiger partial charge in [0.1, 0.15) is 17.3 Å². The highest BCUT2D eigenvalue weighted by Gasteiger charge is 2.78.